The van der Waals surface area contributed by atoms with Gasteiger partial charge in [0, 0.05) is 31.6 Å². The number of aromatic nitrogens is 1. The van der Waals surface area contributed by atoms with Gasteiger partial charge in [0.05, 0.1) is 0 Å². The number of carbonyl (C=O) groups excluding carboxylic acids is 1. The maximum absolute atomic E-state index is 13.2. The molecule has 1 aliphatic rings. The molecular formula is C18H21F2N3O4S. The van der Waals surface area contributed by atoms with Gasteiger partial charge in [0.2, 0.25) is 15.9 Å². The molecule has 0 unspecified atom stereocenters. The predicted molar refractivity (Wildman–Crippen MR) is 95.7 cm³/mol. The SMILES string of the molecule is Cc1noc(C)c1S(=O)(=O)N1CCC(C(=O)NCc2cc(F)cc(F)c2)CC1. The van der Waals surface area contributed by atoms with Crippen molar-refractivity contribution in [1.82, 2.24) is 14.8 Å². The molecule has 7 nitrogen and oxygen atoms in total. The Morgan fingerprint density at radius 3 is 2.36 bits per heavy atom. The summed E-state index contributed by atoms with van der Waals surface area (Å²) in [6.45, 7) is 3.50. The lowest BCUT2D eigenvalue weighted by Gasteiger charge is -2.30. The van der Waals surface area contributed by atoms with Crippen LogP contribution in [0.3, 0.4) is 0 Å². The Labute approximate surface area is 161 Å². The van der Waals surface area contributed by atoms with Crippen molar-refractivity contribution < 1.29 is 26.5 Å². The highest BCUT2D eigenvalue weighted by molar-refractivity contribution is 7.89. The molecule has 0 aliphatic carbocycles. The van der Waals surface area contributed by atoms with Crippen molar-refractivity contribution in [3.63, 3.8) is 0 Å². The summed E-state index contributed by atoms with van der Waals surface area (Å²) < 4.78 is 58.3. The lowest BCUT2D eigenvalue weighted by Crippen LogP contribution is -2.43. The van der Waals surface area contributed by atoms with Crippen LogP contribution in [0.15, 0.2) is 27.6 Å². The number of nitrogens with zero attached hydrogens (tertiary/aromatic N) is 2. The summed E-state index contributed by atoms with van der Waals surface area (Å²) in [6, 6.07) is 3.07. The third kappa shape index (κ3) is 4.22. The van der Waals surface area contributed by atoms with E-state index in [9.17, 15) is 22.0 Å². The lowest BCUT2D eigenvalue weighted by molar-refractivity contribution is -0.126. The maximum Gasteiger partial charge on any atom is 0.248 e. The van der Waals surface area contributed by atoms with Crippen LogP contribution in [0.4, 0.5) is 8.78 Å². The number of aryl methyl sites for hydroxylation is 2. The van der Waals surface area contributed by atoms with Crippen LogP contribution in [0.25, 0.3) is 0 Å². The minimum absolute atomic E-state index is 0.00506. The van der Waals surface area contributed by atoms with Crippen LogP contribution in [-0.4, -0.2) is 36.9 Å². The molecule has 2 heterocycles. The van der Waals surface area contributed by atoms with Crippen molar-refractivity contribution in [2.45, 2.75) is 38.1 Å². The van der Waals surface area contributed by atoms with E-state index in [-0.39, 0.29) is 42.1 Å². The molecular weight excluding hydrogens is 392 g/mol. The predicted octanol–water partition coefficient (Wildman–Crippen LogP) is 2.29. The molecule has 1 amide bonds. The minimum Gasteiger partial charge on any atom is -0.360 e. The van der Waals surface area contributed by atoms with Gasteiger partial charge in [0.1, 0.15) is 22.2 Å². The zero-order valence-electron chi connectivity index (χ0n) is 15.5. The monoisotopic (exact) mass is 413 g/mol. The number of amides is 1. The number of benzene rings is 1. The molecule has 10 heteroatoms. The van der Waals surface area contributed by atoms with Crippen LogP contribution in [0, 0.1) is 31.4 Å². The molecule has 1 aromatic heterocycles. The smallest absolute Gasteiger partial charge is 0.248 e. The summed E-state index contributed by atoms with van der Waals surface area (Å²) in [7, 11) is -3.73. The number of carbonyl (C=O) groups is 1. The molecule has 0 bridgehead atoms. The van der Waals surface area contributed by atoms with Crippen molar-refractivity contribution in [3.05, 3.63) is 46.9 Å². The number of hydrogen-bond acceptors (Lipinski definition) is 5. The fourth-order valence-corrected chi connectivity index (χ4v) is 5.14. The van der Waals surface area contributed by atoms with Crippen molar-refractivity contribution in [1.29, 1.82) is 0 Å². The van der Waals surface area contributed by atoms with Gasteiger partial charge in [-0.3, -0.25) is 4.79 Å². The van der Waals surface area contributed by atoms with E-state index < -0.39 is 21.7 Å². The van der Waals surface area contributed by atoms with Gasteiger partial charge < -0.3 is 9.84 Å². The molecule has 2 aromatic rings. The molecule has 0 spiro atoms. The van der Waals surface area contributed by atoms with Crippen LogP contribution in [0.1, 0.15) is 29.9 Å². The van der Waals surface area contributed by atoms with Gasteiger partial charge in [-0.15, -0.1) is 0 Å². The Morgan fingerprint density at radius 2 is 1.82 bits per heavy atom. The normalized spacial score (nSPS) is 16.3. The Bertz CT molecular complexity index is 943. The molecule has 0 atom stereocenters. The highest BCUT2D eigenvalue weighted by Gasteiger charge is 2.35. The number of nitrogens with one attached hydrogen (secondary N) is 1. The molecule has 1 fully saturated rings. The third-order valence-electron chi connectivity index (χ3n) is 4.78. The second-order valence-corrected chi connectivity index (χ2v) is 8.70. The summed E-state index contributed by atoms with van der Waals surface area (Å²) in [6.07, 6.45) is 0.706. The van der Waals surface area contributed by atoms with E-state index >= 15 is 0 Å². The molecule has 0 saturated carbocycles. The van der Waals surface area contributed by atoms with Crippen LogP contribution in [0.2, 0.25) is 0 Å². The molecule has 1 aliphatic heterocycles. The zero-order chi connectivity index (χ0) is 20.5. The van der Waals surface area contributed by atoms with Crippen LogP contribution < -0.4 is 5.32 Å². The number of piperidine rings is 1. The van der Waals surface area contributed by atoms with Crippen molar-refractivity contribution >= 4 is 15.9 Å². The quantitative estimate of drug-likeness (QED) is 0.812. The first-order valence-corrected chi connectivity index (χ1v) is 10.3. The molecule has 1 saturated heterocycles. The van der Waals surface area contributed by atoms with Crippen molar-refractivity contribution in [3.8, 4) is 0 Å². The largest absolute Gasteiger partial charge is 0.360 e. The number of hydrogen-bond donors (Lipinski definition) is 1. The molecule has 1 aromatic carbocycles. The fourth-order valence-electron chi connectivity index (χ4n) is 3.38. The first-order valence-electron chi connectivity index (χ1n) is 8.84. The second-order valence-electron chi connectivity index (χ2n) is 6.83. The molecule has 0 radical (unpaired) electrons. The summed E-state index contributed by atoms with van der Waals surface area (Å²) in [5.41, 5.74) is 0.629. The van der Waals surface area contributed by atoms with E-state index in [1.165, 1.54) is 4.31 Å². The standard InChI is InChI=1S/C18H21F2N3O4S/c1-11-17(12(2)27-22-11)28(25,26)23-5-3-14(4-6-23)18(24)21-10-13-7-15(19)9-16(20)8-13/h7-9,14H,3-6,10H2,1-2H3,(H,21,24). The van der Waals surface area contributed by atoms with E-state index in [2.05, 4.69) is 10.5 Å². The van der Waals surface area contributed by atoms with Gasteiger partial charge in [0.15, 0.2) is 5.76 Å². The van der Waals surface area contributed by atoms with Gasteiger partial charge in [-0.1, -0.05) is 5.16 Å². The number of halogens is 2. The van der Waals surface area contributed by atoms with E-state index in [0.717, 1.165) is 18.2 Å². The van der Waals surface area contributed by atoms with Crippen LogP contribution >= 0.6 is 0 Å². The number of rotatable bonds is 5. The molecule has 152 valence electrons. The minimum atomic E-state index is -3.73. The van der Waals surface area contributed by atoms with Gasteiger partial charge in [-0.05, 0) is 44.4 Å². The molecule has 1 N–H and O–H groups in total. The van der Waals surface area contributed by atoms with Crippen molar-refractivity contribution in [2.75, 3.05) is 13.1 Å². The van der Waals surface area contributed by atoms with Gasteiger partial charge in [-0.25, -0.2) is 17.2 Å². The zero-order valence-corrected chi connectivity index (χ0v) is 16.4. The molecule has 3 rings (SSSR count). The first-order chi connectivity index (χ1) is 13.2. The summed E-state index contributed by atoms with van der Waals surface area (Å²) >= 11 is 0. The molecule has 28 heavy (non-hydrogen) atoms. The van der Waals surface area contributed by atoms with E-state index in [4.69, 9.17) is 4.52 Å². The highest BCUT2D eigenvalue weighted by atomic mass is 32.2. The fraction of sp³-hybridized carbons (Fsp3) is 0.444. The second kappa shape index (κ2) is 7.96. The Hall–Kier alpha value is -2.33. The average molecular weight is 413 g/mol. The average Bonchev–Trinajstić information content (AvgIpc) is 2.98. The summed E-state index contributed by atoms with van der Waals surface area (Å²) in [5, 5.41) is 6.34. The van der Waals surface area contributed by atoms with Gasteiger partial charge in [-0.2, -0.15) is 4.31 Å². The van der Waals surface area contributed by atoms with Crippen LogP contribution in [-0.2, 0) is 21.4 Å². The first kappa shape index (κ1) is 20.4. The van der Waals surface area contributed by atoms with E-state index in [1.807, 2.05) is 0 Å². The van der Waals surface area contributed by atoms with Gasteiger partial charge >= 0.3 is 0 Å². The third-order valence-corrected chi connectivity index (χ3v) is 6.92. The topological polar surface area (TPSA) is 92.5 Å². The van der Waals surface area contributed by atoms with Crippen LogP contribution in [0.5, 0.6) is 0 Å². The summed E-state index contributed by atoms with van der Waals surface area (Å²) in [5.74, 6) is -1.81. The van der Waals surface area contributed by atoms with Gasteiger partial charge in [0.25, 0.3) is 0 Å². The Balaban J connectivity index is 1.58. The lowest BCUT2D eigenvalue weighted by atomic mass is 9.97. The Morgan fingerprint density at radius 1 is 1.21 bits per heavy atom. The van der Waals surface area contributed by atoms with E-state index in [1.54, 1.807) is 13.8 Å². The van der Waals surface area contributed by atoms with E-state index in [0.29, 0.717) is 24.1 Å². The number of sulfonamides is 1. The Kier molecular flexibility index (Phi) is 5.80. The van der Waals surface area contributed by atoms with Crippen molar-refractivity contribution in [2.24, 2.45) is 5.92 Å². The maximum atomic E-state index is 13.2. The summed E-state index contributed by atoms with van der Waals surface area (Å²) in [4.78, 5) is 12.4. The highest BCUT2D eigenvalue weighted by Crippen LogP contribution is 2.27.